The molecule has 10 heteroatoms. The molecule has 0 radical (unpaired) electrons. The zero-order valence-corrected chi connectivity index (χ0v) is 15.9. The van der Waals surface area contributed by atoms with Crippen molar-refractivity contribution < 1.29 is 13.2 Å². The van der Waals surface area contributed by atoms with Crippen molar-refractivity contribution in [1.29, 1.82) is 0 Å². The number of halogens is 1. The number of aryl methyl sites for hydroxylation is 1. The fraction of sp³-hybridized carbons (Fsp3) is 0.667. The van der Waals surface area contributed by atoms with E-state index >= 15 is 0 Å². The average molecular weight is 390 g/mol. The van der Waals surface area contributed by atoms with Gasteiger partial charge < -0.3 is 10.2 Å². The van der Waals surface area contributed by atoms with Crippen LogP contribution >= 0.6 is 12.4 Å². The molecule has 140 valence electrons. The molecule has 2 fully saturated rings. The summed E-state index contributed by atoms with van der Waals surface area (Å²) >= 11 is 0. The zero-order chi connectivity index (χ0) is 17.3. The van der Waals surface area contributed by atoms with E-state index in [1.165, 1.54) is 12.8 Å². The van der Waals surface area contributed by atoms with E-state index < -0.39 is 10.0 Å². The minimum absolute atomic E-state index is 0. The van der Waals surface area contributed by atoms with Crippen molar-refractivity contribution in [3.63, 3.8) is 0 Å². The average Bonchev–Trinajstić information content (AvgIpc) is 3.26. The summed E-state index contributed by atoms with van der Waals surface area (Å²) in [6, 6.07) is 1.90. The lowest BCUT2D eigenvalue weighted by atomic mass is 9.98. The van der Waals surface area contributed by atoms with Crippen molar-refractivity contribution in [2.24, 2.45) is 11.8 Å². The van der Waals surface area contributed by atoms with E-state index in [0.717, 1.165) is 24.4 Å². The van der Waals surface area contributed by atoms with Gasteiger partial charge in [0.1, 0.15) is 11.6 Å². The molecule has 0 aromatic carbocycles. The minimum atomic E-state index is -3.37. The van der Waals surface area contributed by atoms with Gasteiger partial charge in [0.2, 0.25) is 15.9 Å². The lowest BCUT2D eigenvalue weighted by Crippen LogP contribution is -2.45. The third-order valence-electron chi connectivity index (χ3n) is 4.52. The molecule has 1 aliphatic heterocycles. The minimum Gasteiger partial charge on any atom is -0.354 e. The maximum atomic E-state index is 12.0. The molecule has 25 heavy (non-hydrogen) atoms. The van der Waals surface area contributed by atoms with Gasteiger partial charge in [-0.15, -0.1) is 12.4 Å². The van der Waals surface area contributed by atoms with Crippen LogP contribution in [0.3, 0.4) is 0 Å². The van der Waals surface area contributed by atoms with E-state index in [4.69, 9.17) is 0 Å². The number of nitrogens with zero attached hydrogens (tertiary/aromatic N) is 3. The molecule has 8 nitrogen and oxygen atoms in total. The molecule has 1 aliphatic carbocycles. The Morgan fingerprint density at radius 1 is 1.36 bits per heavy atom. The molecule has 0 unspecified atom stereocenters. The summed E-state index contributed by atoms with van der Waals surface area (Å²) in [5.74, 6) is 2.31. The lowest BCUT2D eigenvalue weighted by Gasteiger charge is -2.19. The highest BCUT2D eigenvalue weighted by molar-refractivity contribution is 7.88. The molecular formula is C15H24ClN5O3S. The Bertz CT molecular complexity index is 726. The van der Waals surface area contributed by atoms with Crippen LogP contribution in [0.2, 0.25) is 0 Å². The summed E-state index contributed by atoms with van der Waals surface area (Å²) in [4.78, 5) is 22.8. The van der Waals surface area contributed by atoms with E-state index in [2.05, 4.69) is 24.9 Å². The summed E-state index contributed by atoms with van der Waals surface area (Å²) in [5, 5.41) is 2.99. The molecule has 1 saturated heterocycles. The van der Waals surface area contributed by atoms with Crippen LogP contribution in [-0.2, 0) is 14.8 Å². The number of rotatable bonds is 6. The summed E-state index contributed by atoms with van der Waals surface area (Å²) in [5.41, 5.74) is 0. The van der Waals surface area contributed by atoms with Crippen LogP contribution in [0.1, 0.15) is 18.7 Å². The number of hydrogen-bond acceptors (Lipinski definition) is 6. The second-order valence-electron chi connectivity index (χ2n) is 6.64. The SMILES string of the molecule is Cc1nccc(N2C[C@H](NC(=O)CNS(C)(=O)=O)[C@@H](C3CC3)C2)n1.Cl. The Morgan fingerprint density at radius 2 is 2.08 bits per heavy atom. The molecule has 0 spiro atoms. The van der Waals surface area contributed by atoms with Gasteiger partial charge in [0.15, 0.2) is 0 Å². The number of amides is 1. The van der Waals surface area contributed by atoms with Gasteiger partial charge >= 0.3 is 0 Å². The molecule has 2 N–H and O–H groups in total. The number of aromatic nitrogens is 2. The number of carbonyl (C=O) groups excluding carboxylic acids is 1. The first kappa shape index (κ1) is 19.9. The van der Waals surface area contributed by atoms with Gasteiger partial charge in [0.05, 0.1) is 18.8 Å². The quantitative estimate of drug-likeness (QED) is 0.714. The fourth-order valence-corrected chi connectivity index (χ4v) is 3.64. The predicted octanol–water partition coefficient (Wildman–Crippen LogP) is 0.0870. The maximum absolute atomic E-state index is 12.0. The van der Waals surface area contributed by atoms with E-state index in [1.54, 1.807) is 6.20 Å². The third-order valence-corrected chi connectivity index (χ3v) is 5.19. The molecule has 2 aliphatic rings. The van der Waals surface area contributed by atoms with Crippen LogP contribution in [0.4, 0.5) is 5.82 Å². The Labute approximate surface area is 154 Å². The van der Waals surface area contributed by atoms with Gasteiger partial charge in [-0.2, -0.15) is 0 Å². The largest absolute Gasteiger partial charge is 0.354 e. The monoisotopic (exact) mass is 389 g/mol. The van der Waals surface area contributed by atoms with Crippen LogP contribution in [0, 0.1) is 18.8 Å². The summed E-state index contributed by atoms with van der Waals surface area (Å²) in [7, 11) is -3.37. The van der Waals surface area contributed by atoms with Gasteiger partial charge in [-0.3, -0.25) is 4.79 Å². The number of hydrogen-bond donors (Lipinski definition) is 2. The highest BCUT2D eigenvalue weighted by atomic mass is 35.5. The third kappa shape index (κ3) is 5.52. The van der Waals surface area contributed by atoms with Gasteiger partial charge in [-0.05, 0) is 31.7 Å². The van der Waals surface area contributed by atoms with E-state index in [1.807, 2.05) is 13.0 Å². The first-order valence-corrected chi connectivity index (χ1v) is 9.99. The summed E-state index contributed by atoms with van der Waals surface area (Å²) in [6.07, 6.45) is 5.16. The van der Waals surface area contributed by atoms with Crippen molar-refractivity contribution in [3.05, 3.63) is 18.1 Å². The van der Waals surface area contributed by atoms with Crippen LogP contribution < -0.4 is 14.9 Å². The second kappa shape index (κ2) is 7.84. The molecule has 2 atom stereocenters. The maximum Gasteiger partial charge on any atom is 0.235 e. The van der Waals surface area contributed by atoms with Crippen LogP contribution in [0.25, 0.3) is 0 Å². The molecule has 1 saturated carbocycles. The topological polar surface area (TPSA) is 104 Å². The Balaban J connectivity index is 0.00000225. The molecule has 1 amide bonds. The second-order valence-corrected chi connectivity index (χ2v) is 8.47. The summed E-state index contributed by atoms with van der Waals surface area (Å²) in [6.45, 7) is 3.17. The fourth-order valence-electron chi connectivity index (χ4n) is 3.25. The molecule has 1 aromatic heterocycles. The number of nitrogens with one attached hydrogen (secondary N) is 2. The van der Waals surface area contributed by atoms with E-state index in [0.29, 0.717) is 18.4 Å². The number of anilines is 1. The van der Waals surface area contributed by atoms with E-state index in [-0.39, 0.29) is 30.9 Å². The first-order valence-electron chi connectivity index (χ1n) is 8.10. The predicted molar refractivity (Wildman–Crippen MR) is 97.2 cm³/mol. The van der Waals surface area contributed by atoms with Gasteiger partial charge in [0, 0.05) is 25.2 Å². The lowest BCUT2D eigenvalue weighted by molar-refractivity contribution is -0.120. The van der Waals surface area contributed by atoms with Gasteiger partial charge in [-0.1, -0.05) is 0 Å². The molecule has 2 heterocycles. The van der Waals surface area contributed by atoms with Crippen LogP contribution in [0.15, 0.2) is 12.3 Å². The number of sulfonamides is 1. The molecule has 1 aromatic rings. The van der Waals surface area contributed by atoms with Crippen LogP contribution in [0.5, 0.6) is 0 Å². The smallest absolute Gasteiger partial charge is 0.235 e. The molecular weight excluding hydrogens is 366 g/mol. The highest BCUT2D eigenvalue weighted by Crippen LogP contribution is 2.42. The van der Waals surface area contributed by atoms with Crippen molar-refractivity contribution in [2.45, 2.75) is 25.8 Å². The van der Waals surface area contributed by atoms with Crippen molar-refractivity contribution in [2.75, 3.05) is 30.8 Å². The van der Waals surface area contributed by atoms with Crippen LogP contribution in [-0.4, -0.2) is 56.2 Å². The normalized spacial score (nSPS) is 23.2. The van der Waals surface area contributed by atoms with Crippen molar-refractivity contribution in [3.8, 4) is 0 Å². The molecule has 0 bridgehead atoms. The standard InChI is InChI=1S/C15H23N5O3S.ClH/c1-10-16-6-5-14(18-10)20-8-12(11-3-4-11)13(9-20)19-15(21)7-17-24(2,22)23;/h5-6,11-13,17H,3-4,7-9H2,1-2H3,(H,19,21);1H/t12-,13+;/m1./s1. The Hall–Kier alpha value is -1.45. The Morgan fingerprint density at radius 3 is 2.68 bits per heavy atom. The van der Waals surface area contributed by atoms with E-state index in [9.17, 15) is 13.2 Å². The first-order chi connectivity index (χ1) is 11.3. The van der Waals surface area contributed by atoms with Crippen molar-refractivity contribution in [1.82, 2.24) is 20.0 Å². The highest BCUT2D eigenvalue weighted by Gasteiger charge is 2.43. The van der Waals surface area contributed by atoms with Crippen molar-refractivity contribution >= 4 is 34.2 Å². The number of carbonyl (C=O) groups is 1. The Kier molecular flexibility index (Phi) is 6.23. The zero-order valence-electron chi connectivity index (χ0n) is 14.3. The van der Waals surface area contributed by atoms with Gasteiger partial charge in [-0.25, -0.2) is 23.1 Å². The van der Waals surface area contributed by atoms with Gasteiger partial charge in [0.25, 0.3) is 0 Å². The molecule has 3 rings (SSSR count). The summed E-state index contributed by atoms with van der Waals surface area (Å²) < 4.78 is 24.5.